The number of methoxy groups -OCH3 is 2. The lowest BCUT2D eigenvalue weighted by Gasteiger charge is -2.28. The van der Waals surface area contributed by atoms with Gasteiger partial charge in [0.25, 0.3) is 0 Å². The summed E-state index contributed by atoms with van der Waals surface area (Å²) >= 11 is 0. The van der Waals surface area contributed by atoms with Crippen LogP contribution in [-0.4, -0.2) is 26.1 Å². The smallest absolute Gasteiger partial charge is 0.192 e. The summed E-state index contributed by atoms with van der Waals surface area (Å²) in [5.41, 5.74) is 1.38. The number of hydrogen-bond donors (Lipinski definition) is 0. The van der Waals surface area contributed by atoms with Crippen molar-refractivity contribution in [3.63, 3.8) is 0 Å². The van der Waals surface area contributed by atoms with Crippen LogP contribution in [0, 0.1) is 12.3 Å². The Balaban J connectivity index is 3.10. The van der Waals surface area contributed by atoms with Gasteiger partial charge in [-0.15, -0.1) is 0 Å². The summed E-state index contributed by atoms with van der Waals surface area (Å²) in [6, 6.07) is 5.46. The average Bonchev–Trinajstić information content (AvgIpc) is 2.27. The van der Waals surface area contributed by atoms with Gasteiger partial charge >= 0.3 is 0 Å². The molecule has 0 radical (unpaired) electrons. The van der Waals surface area contributed by atoms with Crippen LogP contribution < -0.4 is 4.74 Å². The first-order valence-electron chi connectivity index (χ1n) is 6.03. The lowest BCUT2D eigenvalue weighted by atomic mass is 9.83. The van der Waals surface area contributed by atoms with Gasteiger partial charge in [-0.2, -0.15) is 0 Å². The van der Waals surface area contributed by atoms with E-state index in [2.05, 4.69) is 0 Å². The van der Waals surface area contributed by atoms with Crippen LogP contribution in [0.4, 0.5) is 0 Å². The van der Waals surface area contributed by atoms with E-state index >= 15 is 0 Å². The number of aryl methyl sites for hydroxylation is 1. The summed E-state index contributed by atoms with van der Waals surface area (Å²) in [5, 5.41) is 0. The van der Waals surface area contributed by atoms with Gasteiger partial charge in [0.15, 0.2) is 5.78 Å². The van der Waals surface area contributed by atoms with Crippen LogP contribution in [-0.2, 0) is 4.74 Å². The highest BCUT2D eigenvalue weighted by Gasteiger charge is 2.32. The van der Waals surface area contributed by atoms with Crippen LogP contribution in [0.15, 0.2) is 18.2 Å². The summed E-state index contributed by atoms with van der Waals surface area (Å²) in [7, 11) is 3.19. The van der Waals surface area contributed by atoms with Crippen molar-refractivity contribution >= 4 is 5.78 Å². The molecule has 0 aliphatic heterocycles. The largest absolute Gasteiger partial charge is 0.497 e. The summed E-state index contributed by atoms with van der Waals surface area (Å²) in [6.07, 6.45) is -0.440. The summed E-state index contributed by atoms with van der Waals surface area (Å²) in [6.45, 7) is 7.90. The lowest BCUT2D eigenvalue weighted by molar-refractivity contribution is 0.0195. The van der Waals surface area contributed by atoms with E-state index in [4.69, 9.17) is 9.47 Å². The molecule has 18 heavy (non-hydrogen) atoms. The second-order valence-electron chi connectivity index (χ2n) is 5.53. The van der Waals surface area contributed by atoms with E-state index in [9.17, 15) is 4.79 Å². The topological polar surface area (TPSA) is 35.5 Å². The maximum absolute atomic E-state index is 12.5. The Kier molecular flexibility index (Phi) is 4.52. The molecule has 1 rings (SSSR count). The molecule has 0 aliphatic carbocycles. The summed E-state index contributed by atoms with van der Waals surface area (Å²) in [4.78, 5) is 12.5. The van der Waals surface area contributed by atoms with Gasteiger partial charge in [0.05, 0.1) is 7.11 Å². The number of carbonyl (C=O) groups is 1. The fraction of sp³-hybridized carbons (Fsp3) is 0.533. The van der Waals surface area contributed by atoms with Crippen molar-refractivity contribution < 1.29 is 14.3 Å². The van der Waals surface area contributed by atoms with Crippen molar-refractivity contribution in [1.29, 1.82) is 0 Å². The van der Waals surface area contributed by atoms with Gasteiger partial charge < -0.3 is 9.47 Å². The molecule has 1 aromatic carbocycles. The number of carbonyl (C=O) groups excluding carboxylic acids is 1. The van der Waals surface area contributed by atoms with Gasteiger partial charge in [-0.1, -0.05) is 20.8 Å². The van der Waals surface area contributed by atoms with Gasteiger partial charge in [-0.3, -0.25) is 4.79 Å². The molecule has 0 saturated heterocycles. The molecular weight excluding hydrogens is 228 g/mol. The molecule has 0 spiro atoms. The minimum Gasteiger partial charge on any atom is -0.497 e. The van der Waals surface area contributed by atoms with Crippen LogP contribution in [0.2, 0.25) is 0 Å². The van der Waals surface area contributed by atoms with Crippen molar-refractivity contribution in [2.24, 2.45) is 5.41 Å². The number of Topliss-reactive ketones (excluding diaryl/α,β-unsaturated/α-hetero) is 1. The highest BCUT2D eigenvalue weighted by atomic mass is 16.5. The average molecular weight is 250 g/mol. The Bertz CT molecular complexity index is 430. The van der Waals surface area contributed by atoms with Crippen molar-refractivity contribution in [3.8, 4) is 5.75 Å². The monoisotopic (exact) mass is 250 g/mol. The molecular formula is C15H22O3. The molecule has 0 heterocycles. The predicted octanol–water partition coefficient (Wildman–Crippen LogP) is 3.25. The number of ether oxygens (including phenoxy) is 2. The zero-order valence-corrected chi connectivity index (χ0v) is 12.0. The minimum atomic E-state index is -0.440. The number of rotatable bonds is 4. The Morgan fingerprint density at radius 3 is 2.22 bits per heavy atom. The molecule has 0 amide bonds. The van der Waals surface area contributed by atoms with E-state index in [1.807, 2.05) is 33.8 Å². The minimum absolute atomic E-state index is 0.0187. The zero-order valence-electron chi connectivity index (χ0n) is 12.0. The molecule has 0 aromatic heterocycles. The van der Waals surface area contributed by atoms with Crippen molar-refractivity contribution in [1.82, 2.24) is 0 Å². The fourth-order valence-corrected chi connectivity index (χ4v) is 2.03. The van der Waals surface area contributed by atoms with E-state index in [0.717, 1.165) is 11.3 Å². The second kappa shape index (κ2) is 5.53. The van der Waals surface area contributed by atoms with Crippen molar-refractivity contribution in [3.05, 3.63) is 29.3 Å². The standard InChI is InChI=1S/C15H22O3/c1-10-9-11(17-5)7-8-12(10)13(16)14(18-6)15(2,3)4/h7-9,14H,1-6H3. The molecule has 3 heteroatoms. The van der Waals surface area contributed by atoms with Crippen LogP contribution in [0.5, 0.6) is 5.75 Å². The Labute approximate surface area is 109 Å². The number of benzene rings is 1. The van der Waals surface area contributed by atoms with Crippen molar-refractivity contribution in [2.75, 3.05) is 14.2 Å². The molecule has 100 valence electrons. The first kappa shape index (κ1) is 14.7. The quantitative estimate of drug-likeness (QED) is 0.769. The molecule has 1 atom stereocenters. The highest BCUT2D eigenvalue weighted by Crippen LogP contribution is 2.27. The second-order valence-corrected chi connectivity index (χ2v) is 5.53. The first-order valence-corrected chi connectivity index (χ1v) is 6.03. The summed E-state index contributed by atoms with van der Waals surface area (Å²) in [5.74, 6) is 0.777. The van der Waals surface area contributed by atoms with Crippen LogP contribution >= 0.6 is 0 Å². The number of ketones is 1. The van der Waals surface area contributed by atoms with Gasteiger partial charge in [0, 0.05) is 12.7 Å². The fourth-order valence-electron chi connectivity index (χ4n) is 2.03. The lowest BCUT2D eigenvalue weighted by Crippen LogP contribution is -2.36. The van der Waals surface area contributed by atoms with Gasteiger partial charge in [0.2, 0.25) is 0 Å². The molecule has 1 unspecified atom stereocenters. The normalized spacial score (nSPS) is 13.2. The molecule has 0 fully saturated rings. The van der Waals surface area contributed by atoms with Gasteiger partial charge in [-0.25, -0.2) is 0 Å². The summed E-state index contributed by atoms with van der Waals surface area (Å²) < 4.78 is 10.5. The number of hydrogen-bond acceptors (Lipinski definition) is 3. The van der Waals surface area contributed by atoms with E-state index in [1.165, 1.54) is 0 Å². The predicted molar refractivity (Wildman–Crippen MR) is 72.3 cm³/mol. The SMILES string of the molecule is COc1ccc(C(=O)C(OC)C(C)(C)C)c(C)c1. The third-order valence-corrected chi connectivity index (χ3v) is 2.96. The van der Waals surface area contributed by atoms with Crippen molar-refractivity contribution in [2.45, 2.75) is 33.8 Å². The maximum atomic E-state index is 12.5. The molecule has 3 nitrogen and oxygen atoms in total. The van der Waals surface area contributed by atoms with Gasteiger partial charge in [-0.05, 0) is 36.1 Å². The molecule has 0 saturated carbocycles. The molecule has 0 N–H and O–H groups in total. The van der Waals surface area contributed by atoms with E-state index in [-0.39, 0.29) is 11.2 Å². The third kappa shape index (κ3) is 3.10. The first-order chi connectivity index (χ1) is 8.31. The molecule has 0 bridgehead atoms. The molecule has 0 aliphatic rings. The Morgan fingerprint density at radius 2 is 1.83 bits per heavy atom. The van der Waals surface area contributed by atoms with E-state index in [1.54, 1.807) is 26.4 Å². The van der Waals surface area contributed by atoms with E-state index in [0.29, 0.717) is 5.56 Å². The Hall–Kier alpha value is -1.35. The van der Waals surface area contributed by atoms with Gasteiger partial charge in [0.1, 0.15) is 11.9 Å². The van der Waals surface area contributed by atoms with Crippen LogP contribution in [0.3, 0.4) is 0 Å². The van der Waals surface area contributed by atoms with E-state index < -0.39 is 6.10 Å². The Morgan fingerprint density at radius 1 is 1.22 bits per heavy atom. The zero-order chi connectivity index (χ0) is 13.9. The molecule has 1 aromatic rings. The van der Waals surface area contributed by atoms with Crippen LogP contribution in [0.25, 0.3) is 0 Å². The third-order valence-electron chi connectivity index (χ3n) is 2.96. The van der Waals surface area contributed by atoms with Crippen LogP contribution in [0.1, 0.15) is 36.7 Å². The highest BCUT2D eigenvalue weighted by molar-refractivity contribution is 6.01. The maximum Gasteiger partial charge on any atom is 0.192 e.